The Morgan fingerprint density at radius 1 is 1.00 bits per heavy atom. The van der Waals surface area contributed by atoms with Crippen LogP contribution in [-0.4, -0.2) is 32.1 Å². The van der Waals surface area contributed by atoms with Crippen LogP contribution in [0.4, 0.5) is 5.69 Å². The Morgan fingerprint density at radius 2 is 1.62 bits per heavy atom. The summed E-state index contributed by atoms with van der Waals surface area (Å²) >= 11 is 0. The van der Waals surface area contributed by atoms with E-state index in [1.165, 1.54) is 0 Å². The molecule has 0 unspecified atom stereocenters. The molecule has 26 heavy (non-hydrogen) atoms. The Kier molecular flexibility index (Phi) is 6.55. The number of nitrogens with one attached hydrogen (secondary N) is 1. The summed E-state index contributed by atoms with van der Waals surface area (Å²) in [5.74, 6) is -0.927. The molecule has 5 heteroatoms. The minimum Gasteiger partial charge on any atom is -0.458 e. The van der Waals surface area contributed by atoms with Gasteiger partial charge in [0, 0.05) is 25.3 Å². The summed E-state index contributed by atoms with van der Waals surface area (Å²) in [6.45, 7) is 3.53. The van der Waals surface area contributed by atoms with E-state index < -0.39 is 5.97 Å². The average molecular weight is 352 g/mol. The van der Waals surface area contributed by atoms with Crippen LogP contribution in [0.5, 0.6) is 0 Å². The van der Waals surface area contributed by atoms with Crippen LogP contribution in [0.2, 0.25) is 0 Å². The van der Waals surface area contributed by atoms with Gasteiger partial charge in [0.2, 0.25) is 0 Å². The van der Waals surface area contributed by atoms with Crippen molar-refractivity contribution >= 4 is 23.6 Å². The van der Waals surface area contributed by atoms with Crippen LogP contribution in [-0.2, 0) is 9.53 Å². The average Bonchev–Trinajstić information content (AvgIpc) is 2.61. The van der Waals surface area contributed by atoms with E-state index in [4.69, 9.17) is 4.74 Å². The van der Waals surface area contributed by atoms with Gasteiger partial charge >= 0.3 is 5.97 Å². The zero-order valence-electron chi connectivity index (χ0n) is 15.5. The van der Waals surface area contributed by atoms with Crippen molar-refractivity contribution in [2.75, 3.05) is 19.0 Å². The van der Waals surface area contributed by atoms with E-state index in [1.54, 1.807) is 44.2 Å². The first-order chi connectivity index (χ1) is 12.4. The minimum atomic E-state index is -0.569. The van der Waals surface area contributed by atoms with Crippen LogP contribution in [0.1, 0.15) is 29.8 Å². The van der Waals surface area contributed by atoms with Gasteiger partial charge in [0.25, 0.3) is 5.91 Å². The van der Waals surface area contributed by atoms with Gasteiger partial charge in [0.15, 0.2) is 0 Å². The standard InChI is InChI=1S/C21H24N2O3/c1-15(2)26-21(25)19(22-20(24)17-8-6-5-7-9-17)14-16-10-12-18(13-11-16)23(3)4/h5-15H,1-4H3,(H,22,24)/b19-14-. The van der Waals surface area contributed by atoms with Crippen LogP contribution >= 0.6 is 0 Å². The maximum atomic E-state index is 12.4. The Hall–Kier alpha value is -3.08. The topological polar surface area (TPSA) is 58.6 Å². The molecule has 0 spiro atoms. The second-order valence-corrected chi connectivity index (χ2v) is 6.32. The van der Waals surface area contributed by atoms with Crippen LogP contribution < -0.4 is 10.2 Å². The summed E-state index contributed by atoms with van der Waals surface area (Å²) in [6, 6.07) is 16.4. The lowest BCUT2D eigenvalue weighted by atomic mass is 10.1. The zero-order valence-corrected chi connectivity index (χ0v) is 15.5. The molecule has 0 atom stereocenters. The number of hydrogen-bond donors (Lipinski definition) is 1. The van der Waals surface area contributed by atoms with Crippen molar-refractivity contribution < 1.29 is 14.3 Å². The molecule has 0 aromatic heterocycles. The van der Waals surface area contributed by atoms with Crippen LogP contribution in [0, 0.1) is 0 Å². The number of carbonyl (C=O) groups excluding carboxylic acids is 2. The number of anilines is 1. The molecular weight excluding hydrogens is 328 g/mol. The third-order valence-corrected chi connectivity index (χ3v) is 3.57. The second kappa shape index (κ2) is 8.85. The molecule has 0 aliphatic carbocycles. The molecule has 2 aromatic carbocycles. The SMILES string of the molecule is CC(C)OC(=O)/C(=C/c1ccc(N(C)C)cc1)NC(=O)c1ccccc1. The molecular formula is C21H24N2O3. The maximum Gasteiger partial charge on any atom is 0.355 e. The van der Waals surface area contributed by atoms with E-state index in [-0.39, 0.29) is 17.7 Å². The highest BCUT2D eigenvalue weighted by molar-refractivity contribution is 6.03. The summed E-state index contributed by atoms with van der Waals surface area (Å²) < 4.78 is 5.25. The van der Waals surface area contributed by atoms with E-state index in [0.29, 0.717) is 5.56 Å². The highest BCUT2D eigenvalue weighted by atomic mass is 16.5. The first-order valence-electron chi connectivity index (χ1n) is 8.43. The highest BCUT2D eigenvalue weighted by Crippen LogP contribution is 2.15. The summed E-state index contributed by atoms with van der Waals surface area (Å²) in [5.41, 5.74) is 2.41. The van der Waals surface area contributed by atoms with E-state index >= 15 is 0 Å². The molecule has 0 radical (unpaired) electrons. The number of ether oxygens (including phenoxy) is 1. The molecule has 0 bridgehead atoms. The van der Waals surface area contributed by atoms with Gasteiger partial charge in [0.1, 0.15) is 5.70 Å². The first-order valence-corrected chi connectivity index (χ1v) is 8.43. The quantitative estimate of drug-likeness (QED) is 0.639. The molecule has 0 fully saturated rings. The van der Waals surface area contributed by atoms with Crippen molar-refractivity contribution in [3.05, 3.63) is 71.4 Å². The van der Waals surface area contributed by atoms with Crippen LogP contribution in [0.3, 0.4) is 0 Å². The predicted molar refractivity (Wildman–Crippen MR) is 104 cm³/mol. The zero-order chi connectivity index (χ0) is 19.1. The van der Waals surface area contributed by atoms with Crippen molar-refractivity contribution in [1.82, 2.24) is 5.32 Å². The number of benzene rings is 2. The van der Waals surface area contributed by atoms with Crippen LogP contribution in [0.25, 0.3) is 6.08 Å². The third kappa shape index (κ3) is 5.48. The number of carbonyl (C=O) groups is 2. The lowest BCUT2D eigenvalue weighted by molar-refractivity contribution is -0.142. The minimum absolute atomic E-state index is 0.102. The van der Waals surface area contributed by atoms with E-state index in [1.807, 2.05) is 49.3 Å². The molecule has 0 saturated heterocycles. The maximum absolute atomic E-state index is 12.4. The highest BCUT2D eigenvalue weighted by Gasteiger charge is 2.17. The molecule has 2 rings (SSSR count). The van der Waals surface area contributed by atoms with Gasteiger partial charge in [-0.15, -0.1) is 0 Å². The summed E-state index contributed by atoms with van der Waals surface area (Å²) in [6.07, 6.45) is 1.33. The van der Waals surface area contributed by atoms with Crippen molar-refractivity contribution in [2.45, 2.75) is 20.0 Å². The normalized spacial score (nSPS) is 11.2. The van der Waals surface area contributed by atoms with E-state index in [9.17, 15) is 9.59 Å². The van der Waals surface area contributed by atoms with Crippen LogP contribution in [0.15, 0.2) is 60.3 Å². The molecule has 0 aliphatic rings. The molecule has 136 valence electrons. The predicted octanol–water partition coefficient (Wildman–Crippen LogP) is 3.48. The fraction of sp³-hybridized carbons (Fsp3) is 0.238. The van der Waals surface area contributed by atoms with Gasteiger partial charge in [-0.05, 0) is 49.8 Å². The third-order valence-electron chi connectivity index (χ3n) is 3.57. The fourth-order valence-electron chi connectivity index (χ4n) is 2.24. The van der Waals surface area contributed by atoms with Gasteiger partial charge in [-0.1, -0.05) is 30.3 Å². The summed E-state index contributed by atoms with van der Waals surface area (Å²) in [4.78, 5) is 26.8. The lowest BCUT2D eigenvalue weighted by Crippen LogP contribution is -2.29. The number of amides is 1. The molecule has 0 aliphatic heterocycles. The summed E-state index contributed by atoms with van der Waals surface area (Å²) in [7, 11) is 3.91. The van der Waals surface area contributed by atoms with Gasteiger partial charge in [-0.25, -0.2) is 4.79 Å². The van der Waals surface area contributed by atoms with E-state index in [0.717, 1.165) is 11.3 Å². The number of esters is 1. The lowest BCUT2D eigenvalue weighted by Gasteiger charge is -2.14. The first kappa shape index (κ1) is 19.2. The number of rotatable bonds is 6. The Labute approximate surface area is 154 Å². The molecule has 1 amide bonds. The largest absolute Gasteiger partial charge is 0.458 e. The smallest absolute Gasteiger partial charge is 0.355 e. The molecule has 0 heterocycles. The van der Waals surface area contributed by atoms with Gasteiger partial charge in [-0.3, -0.25) is 4.79 Å². The number of hydrogen-bond acceptors (Lipinski definition) is 4. The monoisotopic (exact) mass is 352 g/mol. The van der Waals surface area contributed by atoms with Crippen molar-refractivity contribution in [2.24, 2.45) is 0 Å². The molecule has 0 saturated carbocycles. The molecule has 2 aromatic rings. The number of nitrogens with zero attached hydrogens (tertiary/aromatic N) is 1. The van der Waals surface area contributed by atoms with Gasteiger partial charge in [-0.2, -0.15) is 0 Å². The fourth-order valence-corrected chi connectivity index (χ4v) is 2.24. The van der Waals surface area contributed by atoms with Crippen molar-refractivity contribution in [3.63, 3.8) is 0 Å². The summed E-state index contributed by atoms with van der Waals surface area (Å²) in [5, 5.41) is 2.66. The van der Waals surface area contributed by atoms with Crippen molar-refractivity contribution in [1.29, 1.82) is 0 Å². The van der Waals surface area contributed by atoms with Gasteiger partial charge in [0.05, 0.1) is 6.10 Å². The Morgan fingerprint density at radius 3 is 2.15 bits per heavy atom. The van der Waals surface area contributed by atoms with Crippen molar-refractivity contribution in [3.8, 4) is 0 Å². The van der Waals surface area contributed by atoms with E-state index in [2.05, 4.69) is 5.32 Å². The molecule has 5 nitrogen and oxygen atoms in total. The Balaban J connectivity index is 2.28. The molecule has 1 N–H and O–H groups in total. The Bertz CT molecular complexity index is 779. The van der Waals surface area contributed by atoms with Gasteiger partial charge < -0.3 is 15.0 Å². The second-order valence-electron chi connectivity index (χ2n) is 6.32.